The van der Waals surface area contributed by atoms with Gasteiger partial charge in [-0.25, -0.2) is 0 Å². The lowest BCUT2D eigenvalue weighted by Gasteiger charge is -2.08. The number of phenolic OH excluding ortho intramolecular Hbond substituents is 1. The van der Waals surface area contributed by atoms with Crippen LogP contribution < -0.4 is 4.74 Å². The maximum atomic E-state index is 9.52. The molecule has 2 rings (SSSR count). The van der Waals surface area contributed by atoms with E-state index in [2.05, 4.69) is 6.07 Å². The van der Waals surface area contributed by atoms with E-state index < -0.39 is 0 Å². The summed E-state index contributed by atoms with van der Waals surface area (Å²) in [5.74, 6) is 0.694. The van der Waals surface area contributed by atoms with Gasteiger partial charge >= 0.3 is 0 Å². The van der Waals surface area contributed by atoms with Crippen LogP contribution in [-0.2, 0) is 6.61 Å². The normalized spacial score (nSPS) is 10.1. The van der Waals surface area contributed by atoms with Gasteiger partial charge in [-0.3, -0.25) is 0 Å². The molecule has 0 fully saturated rings. The first-order valence-electron chi connectivity index (χ1n) is 5.22. The third-order valence-corrected chi connectivity index (χ3v) is 2.34. The molecule has 0 aromatic heterocycles. The van der Waals surface area contributed by atoms with Crippen molar-refractivity contribution in [3.63, 3.8) is 0 Å². The van der Waals surface area contributed by atoms with Gasteiger partial charge in [-0.2, -0.15) is 0 Å². The van der Waals surface area contributed by atoms with Crippen molar-refractivity contribution in [2.45, 2.75) is 13.5 Å². The number of ether oxygens (including phenoxy) is 1. The predicted molar refractivity (Wildman–Crippen MR) is 63.6 cm³/mol. The van der Waals surface area contributed by atoms with E-state index in [9.17, 15) is 5.11 Å². The predicted octanol–water partition coefficient (Wildman–Crippen LogP) is 3.28. The number of aryl methyl sites for hydroxylation is 1. The van der Waals surface area contributed by atoms with E-state index in [1.165, 1.54) is 5.56 Å². The monoisotopic (exact) mass is 214 g/mol. The summed E-state index contributed by atoms with van der Waals surface area (Å²) in [5.41, 5.74) is 2.31. The van der Waals surface area contributed by atoms with Gasteiger partial charge in [0.05, 0.1) is 0 Å². The zero-order chi connectivity index (χ0) is 11.4. The van der Waals surface area contributed by atoms with Crippen LogP contribution in [0.1, 0.15) is 11.1 Å². The molecule has 0 aliphatic heterocycles. The molecule has 1 N–H and O–H groups in total. The fourth-order valence-corrected chi connectivity index (χ4v) is 1.54. The highest BCUT2D eigenvalue weighted by molar-refractivity contribution is 5.38. The largest absolute Gasteiger partial charge is 0.504 e. The van der Waals surface area contributed by atoms with Crippen molar-refractivity contribution in [3.8, 4) is 11.5 Å². The highest BCUT2D eigenvalue weighted by Gasteiger charge is 2.00. The molecule has 0 saturated carbocycles. The Hall–Kier alpha value is -1.96. The highest BCUT2D eigenvalue weighted by Crippen LogP contribution is 2.25. The maximum absolute atomic E-state index is 9.52. The minimum atomic E-state index is 0.176. The van der Waals surface area contributed by atoms with Gasteiger partial charge in [-0.1, -0.05) is 42.0 Å². The Bertz CT molecular complexity index is 478. The summed E-state index contributed by atoms with van der Waals surface area (Å²) in [5, 5.41) is 9.52. The fraction of sp³-hybridized carbons (Fsp3) is 0.143. The number of phenols is 1. The second-order valence-electron chi connectivity index (χ2n) is 3.75. The molecule has 0 bridgehead atoms. The van der Waals surface area contributed by atoms with Crippen molar-refractivity contribution < 1.29 is 9.84 Å². The van der Waals surface area contributed by atoms with Gasteiger partial charge < -0.3 is 9.84 Å². The molecule has 0 spiro atoms. The SMILES string of the molecule is Cc1cccc(COc2ccccc2O)c1. The molecule has 2 aromatic carbocycles. The van der Waals surface area contributed by atoms with Gasteiger partial charge in [0.15, 0.2) is 11.5 Å². The van der Waals surface area contributed by atoms with E-state index >= 15 is 0 Å². The van der Waals surface area contributed by atoms with E-state index in [1.807, 2.05) is 31.2 Å². The standard InChI is InChI=1S/C14H14O2/c1-11-5-4-6-12(9-11)10-16-14-8-3-2-7-13(14)15/h2-9,15H,10H2,1H3. The van der Waals surface area contributed by atoms with Crippen molar-refractivity contribution in [2.75, 3.05) is 0 Å². The summed E-state index contributed by atoms with van der Waals surface area (Å²) in [7, 11) is 0. The van der Waals surface area contributed by atoms with E-state index in [4.69, 9.17) is 4.74 Å². The van der Waals surface area contributed by atoms with E-state index in [1.54, 1.807) is 18.2 Å². The summed E-state index contributed by atoms with van der Waals surface area (Å²) in [6, 6.07) is 15.1. The quantitative estimate of drug-likeness (QED) is 0.849. The van der Waals surface area contributed by atoms with Crippen molar-refractivity contribution in [1.29, 1.82) is 0 Å². The van der Waals surface area contributed by atoms with E-state index in [-0.39, 0.29) is 5.75 Å². The lowest BCUT2D eigenvalue weighted by atomic mass is 10.1. The van der Waals surface area contributed by atoms with Crippen LogP contribution in [0.15, 0.2) is 48.5 Å². The Balaban J connectivity index is 2.05. The topological polar surface area (TPSA) is 29.5 Å². The smallest absolute Gasteiger partial charge is 0.161 e. The molecule has 16 heavy (non-hydrogen) atoms. The number of aromatic hydroxyl groups is 1. The van der Waals surface area contributed by atoms with Crippen LogP contribution >= 0.6 is 0 Å². The molecular weight excluding hydrogens is 200 g/mol. The van der Waals surface area contributed by atoms with Crippen LogP contribution in [0, 0.1) is 6.92 Å². The minimum Gasteiger partial charge on any atom is -0.504 e. The summed E-state index contributed by atoms with van der Waals surface area (Å²) in [6.07, 6.45) is 0. The molecule has 0 aliphatic rings. The Morgan fingerprint density at radius 1 is 1.06 bits per heavy atom. The molecule has 0 aliphatic carbocycles. The van der Waals surface area contributed by atoms with Crippen LogP contribution in [0.5, 0.6) is 11.5 Å². The van der Waals surface area contributed by atoms with Gasteiger partial charge in [-0.15, -0.1) is 0 Å². The first-order chi connectivity index (χ1) is 7.75. The van der Waals surface area contributed by atoms with Gasteiger partial charge in [0, 0.05) is 0 Å². The zero-order valence-electron chi connectivity index (χ0n) is 9.18. The summed E-state index contributed by atoms with van der Waals surface area (Å²) in [4.78, 5) is 0. The molecule has 0 radical (unpaired) electrons. The first kappa shape index (κ1) is 10.6. The second-order valence-corrected chi connectivity index (χ2v) is 3.75. The Morgan fingerprint density at radius 2 is 1.88 bits per heavy atom. The molecule has 0 atom stereocenters. The van der Waals surface area contributed by atoms with Crippen molar-refractivity contribution in [1.82, 2.24) is 0 Å². The van der Waals surface area contributed by atoms with E-state index in [0.29, 0.717) is 12.4 Å². The fourth-order valence-electron chi connectivity index (χ4n) is 1.54. The van der Waals surface area contributed by atoms with Crippen molar-refractivity contribution in [3.05, 3.63) is 59.7 Å². The molecule has 0 amide bonds. The molecule has 2 heteroatoms. The van der Waals surface area contributed by atoms with Crippen LogP contribution in [-0.4, -0.2) is 5.11 Å². The molecule has 82 valence electrons. The number of benzene rings is 2. The van der Waals surface area contributed by atoms with Gasteiger partial charge in [0.2, 0.25) is 0 Å². The molecule has 0 heterocycles. The molecular formula is C14H14O2. The average Bonchev–Trinajstić information content (AvgIpc) is 2.28. The third-order valence-electron chi connectivity index (χ3n) is 2.34. The molecule has 2 aromatic rings. The van der Waals surface area contributed by atoms with Crippen molar-refractivity contribution in [2.24, 2.45) is 0 Å². The third kappa shape index (κ3) is 2.54. The molecule has 0 unspecified atom stereocenters. The zero-order valence-corrected chi connectivity index (χ0v) is 9.18. The number of hydrogen-bond donors (Lipinski definition) is 1. The first-order valence-corrected chi connectivity index (χ1v) is 5.22. The lowest BCUT2D eigenvalue weighted by molar-refractivity contribution is 0.289. The Morgan fingerprint density at radius 3 is 2.62 bits per heavy atom. The summed E-state index contributed by atoms with van der Waals surface area (Å²) in [6.45, 7) is 2.52. The number of para-hydroxylation sites is 2. The summed E-state index contributed by atoms with van der Waals surface area (Å²) >= 11 is 0. The number of rotatable bonds is 3. The second kappa shape index (κ2) is 4.71. The van der Waals surface area contributed by atoms with Crippen LogP contribution in [0.25, 0.3) is 0 Å². The lowest BCUT2D eigenvalue weighted by Crippen LogP contribution is -1.95. The molecule has 2 nitrogen and oxygen atoms in total. The maximum Gasteiger partial charge on any atom is 0.161 e. The van der Waals surface area contributed by atoms with Crippen molar-refractivity contribution >= 4 is 0 Å². The Labute approximate surface area is 95.1 Å². The van der Waals surface area contributed by atoms with Gasteiger partial charge in [-0.05, 0) is 24.6 Å². The van der Waals surface area contributed by atoms with Gasteiger partial charge in [0.25, 0.3) is 0 Å². The van der Waals surface area contributed by atoms with Crippen LogP contribution in [0.4, 0.5) is 0 Å². The van der Waals surface area contributed by atoms with E-state index in [0.717, 1.165) is 5.56 Å². The molecule has 0 saturated heterocycles. The minimum absolute atomic E-state index is 0.176. The highest BCUT2D eigenvalue weighted by atomic mass is 16.5. The average molecular weight is 214 g/mol. The number of hydrogen-bond acceptors (Lipinski definition) is 2. The summed E-state index contributed by atoms with van der Waals surface area (Å²) < 4.78 is 5.53. The van der Waals surface area contributed by atoms with Crippen LogP contribution in [0.2, 0.25) is 0 Å². The van der Waals surface area contributed by atoms with Crippen LogP contribution in [0.3, 0.4) is 0 Å². The van der Waals surface area contributed by atoms with Gasteiger partial charge in [0.1, 0.15) is 6.61 Å². The Kier molecular flexibility index (Phi) is 3.10.